The minimum absolute atomic E-state index is 0.0920. The number of aliphatic hydroxyl groups is 1. The maximum atomic E-state index is 14.3. The maximum absolute atomic E-state index is 14.3. The number of nitrogens with zero attached hydrogens (tertiary/aromatic N) is 4. The quantitative estimate of drug-likeness (QED) is 0.161. The first-order chi connectivity index (χ1) is 24.3. The summed E-state index contributed by atoms with van der Waals surface area (Å²) in [5.74, 6) is -0.283. The van der Waals surface area contributed by atoms with Crippen LogP contribution in [0, 0.1) is 24.2 Å². The number of alkyl carbamates (subject to hydrolysis) is 1. The molecule has 4 atom stereocenters. The van der Waals surface area contributed by atoms with Crippen molar-refractivity contribution < 1.29 is 29.0 Å². The highest BCUT2D eigenvalue weighted by atomic mass is 16.5. The van der Waals surface area contributed by atoms with Gasteiger partial charge in [0.1, 0.15) is 6.04 Å². The van der Waals surface area contributed by atoms with Crippen LogP contribution in [0.25, 0.3) is 0 Å². The van der Waals surface area contributed by atoms with E-state index >= 15 is 0 Å². The first-order valence-corrected chi connectivity index (χ1v) is 18.1. The molecule has 13 heteroatoms. The Hall–Kier alpha value is -4.23. The van der Waals surface area contributed by atoms with Crippen LogP contribution in [-0.4, -0.2) is 107 Å². The Morgan fingerprint density at radius 1 is 1.10 bits per heavy atom. The third kappa shape index (κ3) is 12.2. The highest BCUT2D eigenvalue weighted by Gasteiger charge is 2.41. The zero-order valence-electron chi connectivity index (χ0n) is 31.1. The lowest BCUT2D eigenvalue weighted by atomic mass is 9.89. The average molecular weight is 708 g/mol. The van der Waals surface area contributed by atoms with E-state index in [0.29, 0.717) is 44.9 Å². The number of methoxy groups -OCH3 is 1. The molecule has 4 rings (SSSR count). The van der Waals surface area contributed by atoms with Gasteiger partial charge in [0.05, 0.1) is 31.5 Å². The molecule has 2 aromatic rings. The van der Waals surface area contributed by atoms with Gasteiger partial charge in [0.25, 0.3) is 0 Å². The third-order valence-corrected chi connectivity index (χ3v) is 9.71. The van der Waals surface area contributed by atoms with Crippen LogP contribution in [-0.2, 0) is 27.3 Å². The van der Waals surface area contributed by atoms with Crippen molar-refractivity contribution in [2.75, 3.05) is 39.8 Å². The summed E-state index contributed by atoms with van der Waals surface area (Å²) in [6, 6.07) is 13.8. The molecule has 2 heterocycles. The van der Waals surface area contributed by atoms with Gasteiger partial charge in [-0.25, -0.2) is 14.6 Å². The molecule has 2 fully saturated rings. The molecule has 4 N–H and O–H groups in total. The summed E-state index contributed by atoms with van der Waals surface area (Å²) >= 11 is 0. The van der Waals surface area contributed by atoms with E-state index in [1.165, 1.54) is 7.11 Å². The van der Waals surface area contributed by atoms with Crippen LogP contribution < -0.4 is 16.1 Å². The van der Waals surface area contributed by atoms with Crippen molar-refractivity contribution in [3.05, 3.63) is 65.5 Å². The molecule has 0 bridgehead atoms. The summed E-state index contributed by atoms with van der Waals surface area (Å²) in [6.45, 7) is 11.8. The molecule has 280 valence electrons. The Morgan fingerprint density at radius 2 is 1.82 bits per heavy atom. The Balaban J connectivity index is 1.48. The largest absolute Gasteiger partial charge is 0.453 e. The van der Waals surface area contributed by atoms with Crippen LogP contribution in [0.2, 0.25) is 0 Å². The van der Waals surface area contributed by atoms with Crippen LogP contribution in [0.3, 0.4) is 0 Å². The Kier molecular flexibility index (Phi) is 14.2. The Bertz CT molecular complexity index is 1470. The van der Waals surface area contributed by atoms with Crippen LogP contribution >= 0.6 is 0 Å². The summed E-state index contributed by atoms with van der Waals surface area (Å²) in [4.78, 5) is 60.8. The summed E-state index contributed by atoms with van der Waals surface area (Å²) in [7, 11) is 1.29. The second kappa shape index (κ2) is 18.3. The molecule has 1 aromatic carbocycles. The Morgan fingerprint density at radius 3 is 2.47 bits per heavy atom. The van der Waals surface area contributed by atoms with Gasteiger partial charge < -0.3 is 30.3 Å². The number of benzene rings is 1. The number of carbonyl (C=O) groups is 4. The first kappa shape index (κ1) is 39.6. The predicted molar refractivity (Wildman–Crippen MR) is 194 cm³/mol. The minimum Gasteiger partial charge on any atom is -0.453 e. The average Bonchev–Trinajstić information content (AvgIpc) is 3.84. The number of amides is 5. The molecule has 0 spiro atoms. The topological polar surface area (TPSA) is 156 Å². The smallest absolute Gasteiger partial charge is 0.406 e. The Labute approximate surface area is 302 Å². The molecule has 1 saturated carbocycles. The fourth-order valence-corrected chi connectivity index (χ4v) is 6.47. The number of urea groups is 1. The SMILES string of the molecule is CCC(C)C(C(=O)NC(Cc1ccccc1)C(O)CN(CC1CC1)NC(=O)CC(C)(C)CNC(=O)OC)N1CCN(Cc2cccc(C)n2)C1=O. The molecule has 1 aromatic heterocycles. The van der Waals surface area contributed by atoms with Gasteiger partial charge in [-0.05, 0) is 61.1 Å². The fourth-order valence-electron chi connectivity index (χ4n) is 6.47. The molecule has 51 heavy (non-hydrogen) atoms. The number of nitrogens with one attached hydrogen (secondary N) is 3. The number of aryl methyl sites for hydroxylation is 1. The number of rotatable bonds is 19. The minimum atomic E-state index is -1.04. The van der Waals surface area contributed by atoms with Crippen molar-refractivity contribution in [2.45, 2.75) is 91.5 Å². The van der Waals surface area contributed by atoms with Gasteiger partial charge in [0, 0.05) is 44.8 Å². The molecule has 13 nitrogen and oxygen atoms in total. The van der Waals surface area contributed by atoms with Crippen molar-refractivity contribution in [3.8, 4) is 0 Å². The van der Waals surface area contributed by atoms with Gasteiger partial charge in [0.15, 0.2) is 0 Å². The number of ether oxygens (including phenoxy) is 1. The lowest BCUT2D eigenvalue weighted by Crippen LogP contribution is -2.58. The van der Waals surface area contributed by atoms with E-state index in [9.17, 15) is 24.3 Å². The third-order valence-electron chi connectivity index (χ3n) is 9.71. The summed E-state index contributed by atoms with van der Waals surface area (Å²) in [6.07, 6.45) is 1.65. The van der Waals surface area contributed by atoms with E-state index in [0.717, 1.165) is 29.8 Å². The van der Waals surface area contributed by atoms with E-state index in [2.05, 4.69) is 25.8 Å². The van der Waals surface area contributed by atoms with Crippen LogP contribution in [0.15, 0.2) is 48.5 Å². The highest BCUT2D eigenvalue weighted by molar-refractivity contribution is 5.88. The monoisotopic (exact) mass is 707 g/mol. The molecule has 2 aliphatic rings. The molecular formula is C38H57N7O6. The molecule has 5 amide bonds. The van der Waals surface area contributed by atoms with Gasteiger partial charge in [-0.3, -0.25) is 20.0 Å². The maximum Gasteiger partial charge on any atom is 0.406 e. The van der Waals surface area contributed by atoms with Crippen molar-refractivity contribution in [1.29, 1.82) is 0 Å². The highest BCUT2D eigenvalue weighted by Crippen LogP contribution is 2.30. The van der Waals surface area contributed by atoms with Crippen molar-refractivity contribution in [1.82, 2.24) is 35.9 Å². The zero-order valence-corrected chi connectivity index (χ0v) is 31.1. The molecule has 4 unspecified atom stereocenters. The van der Waals surface area contributed by atoms with Gasteiger partial charge in [0.2, 0.25) is 11.8 Å². The zero-order chi connectivity index (χ0) is 37.1. The van der Waals surface area contributed by atoms with Crippen LogP contribution in [0.5, 0.6) is 0 Å². The summed E-state index contributed by atoms with van der Waals surface area (Å²) in [5.41, 5.74) is 5.06. The fraction of sp³-hybridized carbons (Fsp3) is 0.605. The standard InChI is InChI=1S/C38H57N7O6/c1-7-26(2)34(45-19-18-43(37(45)50)23-30-15-11-12-27(3)40-30)35(48)41-31(20-28-13-9-8-10-14-28)32(46)24-44(22-29-16-17-29)42-33(47)21-38(4,5)25-39-36(49)51-6/h8-15,26,29,31-32,34,46H,7,16-25H2,1-6H3,(H,39,49)(H,41,48)(H,42,47). The summed E-state index contributed by atoms with van der Waals surface area (Å²) < 4.78 is 4.66. The van der Waals surface area contributed by atoms with Gasteiger partial charge >= 0.3 is 12.1 Å². The second-order valence-corrected chi connectivity index (χ2v) is 14.9. The van der Waals surface area contributed by atoms with E-state index < -0.39 is 29.7 Å². The van der Waals surface area contributed by atoms with Crippen molar-refractivity contribution in [3.63, 3.8) is 0 Å². The van der Waals surface area contributed by atoms with Gasteiger partial charge in [-0.15, -0.1) is 0 Å². The van der Waals surface area contributed by atoms with Crippen LogP contribution in [0.4, 0.5) is 9.59 Å². The number of aromatic nitrogens is 1. The number of aliphatic hydroxyl groups excluding tert-OH is 1. The molecule has 1 saturated heterocycles. The van der Waals surface area contributed by atoms with E-state index in [-0.39, 0.29) is 43.3 Å². The van der Waals surface area contributed by atoms with Crippen molar-refractivity contribution in [2.24, 2.45) is 17.3 Å². The van der Waals surface area contributed by atoms with E-state index in [1.54, 1.807) is 14.8 Å². The number of hydrogen-bond donors (Lipinski definition) is 4. The predicted octanol–water partition coefficient (Wildman–Crippen LogP) is 3.65. The number of carbonyl (C=O) groups excluding carboxylic acids is 4. The number of pyridine rings is 1. The lowest BCUT2D eigenvalue weighted by molar-refractivity contribution is -0.131. The van der Waals surface area contributed by atoms with Crippen molar-refractivity contribution >= 4 is 23.9 Å². The molecule has 1 aliphatic heterocycles. The van der Waals surface area contributed by atoms with E-state index in [1.807, 2.05) is 83.1 Å². The number of hydrogen-bond acceptors (Lipinski definition) is 8. The van der Waals surface area contributed by atoms with Crippen LogP contribution in [0.1, 0.15) is 70.3 Å². The number of hydrazine groups is 1. The van der Waals surface area contributed by atoms with Gasteiger partial charge in [-0.2, -0.15) is 0 Å². The lowest BCUT2D eigenvalue weighted by Gasteiger charge is -2.35. The second-order valence-electron chi connectivity index (χ2n) is 14.9. The first-order valence-electron chi connectivity index (χ1n) is 18.1. The molecule has 1 aliphatic carbocycles. The normalized spacial score (nSPS) is 17.1. The van der Waals surface area contributed by atoms with E-state index in [4.69, 9.17) is 0 Å². The molecule has 0 radical (unpaired) electrons. The molecular weight excluding hydrogens is 650 g/mol. The van der Waals surface area contributed by atoms with Gasteiger partial charge in [-0.1, -0.05) is 70.5 Å². The summed E-state index contributed by atoms with van der Waals surface area (Å²) in [5, 5.41) is 19.4.